The maximum absolute atomic E-state index is 11.9. The first-order valence-corrected chi connectivity index (χ1v) is 4.70. The van der Waals surface area contributed by atoms with Crippen LogP contribution in [-0.2, 0) is 0 Å². The molecule has 0 atom stereocenters. The zero-order valence-corrected chi connectivity index (χ0v) is 8.88. The van der Waals surface area contributed by atoms with Crippen molar-refractivity contribution in [3.05, 3.63) is 35.9 Å². The van der Waals surface area contributed by atoms with E-state index >= 15 is 0 Å². The highest BCUT2D eigenvalue weighted by Crippen LogP contribution is 2.28. The first-order valence-electron chi connectivity index (χ1n) is 4.70. The molecule has 0 saturated heterocycles. The summed E-state index contributed by atoms with van der Waals surface area (Å²) in [4.78, 5) is 0. The number of ether oxygens (including phenoxy) is 1. The summed E-state index contributed by atoms with van der Waals surface area (Å²) < 4.78 is 39.6. The maximum atomic E-state index is 11.9. The fourth-order valence-electron chi connectivity index (χ4n) is 1.39. The summed E-state index contributed by atoms with van der Waals surface area (Å²) in [5.74, 6) is -0.226. The summed E-state index contributed by atoms with van der Waals surface area (Å²) >= 11 is 0. The van der Waals surface area contributed by atoms with Crippen LogP contribution in [0.4, 0.5) is 13.2 Å². The number of aliphatic hydroxyl groups is 1. The van der Waals surface area contributed by atoms with Gasteiger partial charge in [-0.15, -0.1) is 13.2 Å². The second-order valence-electron chi connectivity index (χ2n) is 3.62. The molecule has 0 amide bonds. The summed E-state index contributed by atoms with van der Waals surface area (Å²) in [6.45, 7) is 4.54. The molecule has 1 radical (unpaired) electrons. The molecule has 0 bridgehead atoms. The first kappa shape index (κ1) is 12.8. The molecule has 5 heteroatoms. The second kappa shape index (κ2) is 4.74. The molecule has 0 aliphatic carbocycles. The second-order valence-corrected chi connectivity index (χ2v) is 3.62. The van der Waals surface area contributed by atoms with Gasteiger partial charge in [-0.2, -0.15) is 0 Å². The molecule has 89 valence electrons. The van der Waals surface area contributed by atoms with Gasteiger partial charge in [-0.3, -0.25) is 0 Å². The van der Waals surface area contributed by atoms with Crippen molar-refractivity contribution in [3.63, 3.8) is 0 Å². The van der Waals surface area contributed by atoms with Gasteiger partial charge in [0.25, 0.3) is 0 Å². The largest absolute Gasteiger partial charge is 0.573 e. The van der Waals surface area contributed by atoms with Gasteiger partial charge in [0.15, 0.2) is 0 Å². The zero-order chi connectivity index (χ0) is 12.3. The summed E-state index contributed by atoms with van der Waals surface area (Å²) in [6.07, 6.45) is -4.72. The van der Waals surface area contributed by atoms with Crippen LogP contribution in [0.25, 0.3) is 0 Å². The normalized spacial score (nSPS) is 11.9. The lowest BCUT2D eigenvalue weighted by atomic mass is 9.97. The molecule has 0 saturated carbocycles. The Morgan fingerprint density at radius 1 is 1.31 bits per heavy atom. The van der Waals surface area contributed by atoms with Crippen molar-refractivity contribution in [2.75, 3.05) is 0 Å². The topological polar surface area (TPSA) is 29.5 Å². The predicted octanol–water partition coefficient (Wildman–Crippen LogP) is 3.59. The summed E-state index contributed by atoms with van der Waals surface area (Å²) in [5.41, 5.74) is 1.09. The van der Waals surface area contributed by atoms with Gasteiger partial charge in [0, 0.05) is 0 Å². The highest BCUT2D eigenvalue weighted by Gasteiger charge is 2.31. The van der Waals surface area contributed by atoms with E-state index in [2.05, 4.69) is 4.74 Å². The third-order valence-electron chi connectivity index (χ3n) is 2.05. The average Bonchev–Trinajstić information content (AvgIpc) is 2.14. The molecule has 0 heterocycles. The number of rotatable bonds is 3. The lowest BCUT2D eigenvalue weighted by Crippen LogP contribution is -2.17. The van der Waals surface area contributed by atoms with E-state index < -0.39 is 6.36 Å². The third-order valence-corrected chi connectivity index (χ3v) is 2.05. The summed E-state index contributed by atoms with van der Waals surface area (Å²) in [7, 11) is 0. The van der Waals surface area contributed by atoms with Gasteiger partial charge in [-0.05, 0) is 29.2 Å². The number of hydrogen-bond acceptors (Lipinski definition) is 2. The Bertz CT molecular complexity index is 359. The van der Waals surface area contributed by atoms with Crippen LogP contribution in [0.5, 0.6) is 5.75 Å². The Hall–Kier alpha value is -1.23. The van der Waals surface area contributed by atoms with Crippen LogP contribution in [0.3, 0.4) is 0 Å². The van der Waals surface area contributed by atoms with E-state index in [1.54, 1.807) is 0 Å². The van der Waals surface area contributed by atoms with Crippen molar-refractivity contribution in [1.82, 2.24) is 0 Å². The van der Waals surface area contributed by atoms with Gasteiger partial charge in [-0.25, -0.2) is 0 Å². The van der Waals surface area contributed by atoms with E-state index in [9.17, 15) is 13.2 Å². The van der Waals surface area contributed by atoms with Crippen molar-refractivity contribution in [1.29, 1.82) is 0 Å². The molecule has 2 nitrogen and oxygen atoms in total. The molecule has 0 spiro atoms. The Morgan fingerprint density at radius 3 is 2.38 bits per heavy atom. The molecule has 0 fully saturated rings. The van der Waals surface area contributed by atoms with Gasteiger partial charge < -0.3 is 9.84 Å². The van der Waals surface area contributed by atoms with E-state index in [-0.39, 0.29) is 11.7 Å². The van der Waals surface area contributed by atoms with Gasteiger partial charge >= 0.3 is 6.36 Å². The van der Waals surface area contributed by atoms with Gasteiger partial charge in [-0.1, -0.05) is 19.9 Å². The van der Waals surface area contributed by atoms with Crippen molar-refractivity contribution in [2.45, 2.75) is 26.1 Å². The molecule has 0 aromatic heterocycles. The number of alkyl halides is 3. The Kier molecular flexibility index (Phi) is 3.80. The van der Waals surface area contributed by atoms with Crippen LogP contribution in [0, 0.1) is 6.61 Å². The van der Waals surface area contributed by atoms with Crippen molar-refractivity contribution in [2.24, 2.45) is 0 Å². The van der Waals surface area contributed by atoms with E-state index in [0.717, 1.165) is 18.2 Å². The molecule has 1 N–H and O–H groups in total. The van der Waals surface area contributed by atoms with Crippen molar-refractivity contribution < 1.29 is 23.0 Å². The predicted molar refractivity (Wildman–Crippen MR) is 52.6 cm³/mol. The summed E-state index contributed by atoms with van der Waals surface area (Å²) in [5, 5.41) is 8.93. The number of halogens is 3. The minimum Gasteiger partial charge on any atom is -0.406 e. The smallest absolute Gasteiger partial charge is 0.406 e. The van der Waals surface area contributed by atoms with E-state index in [1.807, 2.05) is 13.8 Å². The lowest BCUT2D eigenvalue weighted by molar-refractivity contribution is -0.274. The van der Waals surface area contributed by atoms with Crippen LogP contribution >= 0.6 is 0 Å². The number of aliphatic hydroxyl groups excluding tert-OH is 1. The molecule has 16 heavy (non-hydrogen) atoms. The Labute approximate surface area is 91.7 Å². The standard InChI is InChI=1S/C11H12F3O2/c1-7(2)10-4-3-9(5-8(10)6-15)16-11(12,13)14/h3-7,15H,1-2H3. The molecule has 0 aliphatic heterocycles. The van der Waals surface area contributed by atoms with Crippen LogP contribution in [-0.4, -0.2) is 11.5 Å². The highest BCUT2D eigenvalue weighted by molar-refractivity contribution is 5.40. The molecule has 1 aromatic carbocycles. The monoisotopic (exact) mass is 233 g/mol. The fourth-order valence-corrected chi connectivity index (χ4v) is 1.39. The van der Waals surface area contributed by atoms with Crippen LogP contribution in [0.15, 0.2) is 18.2 Å². The lowest BCUT2D eigenvalue weighted by Gasteiger charge is -2.14. The third kappa shape index (κ3) is 3.41. The number of hydrogen-bond donors (Lipinski definition) is 1. The fraction of sp³-hybridized carbons (Fsp3) is 0.364. The van der Waals surface area contributed by atoms with E-state index in [1.165, 1.54) is 12.1 Å². The quantitative estimate of drug-likeness (QED) is 0.864. The van der Waals surface area contributed by atoms with Crippen LogP contribution in [0.2, 0.25) is 0 Å². The molecule has 1 aromatic rings. The van der Waals surface area contributed by atoms with Crippen molar-refractivity contribution in [3.8, 4) is 5.75 Å². The summed E-state index contributed by atoms with van der Waals surface area (Å²) in [6, 6.07) is 3.90. The molecular weight excluding hydrogens is 221 g/mol. The SMILES string of the molecule is CC(C)c1ccc(OC(F)(F)F)cc1[CH]O. The van der Waals surface area contributed by atoms with Gasteiger partial charge in [0.2, 0.25) is 0 Å². The highest BCUT2D eigenvalue weighted by atomic mass is 19.4. The van der Waals surface area contributed by atoms with Crippen LogP contribution < -0.4 is 4.74 Å². The Balaban J connectivity index is 3.00. The molecule has 1 rings (SSSR count). The minimum atomic E-state index is -4.72. The van der Waals surface area contributed by atoms with Crippen molar-refractivity contribution >= 4 is 0 Å². The molecule has 0 unspecified atom stereocenters. The van der Waals surface area contributed by atoms with E-state index in [0.29, 0.717) is 5.56 Å². The zero-order valence-electron chi connectivity index (χ0n) is 8.88. The molecule has 0 aliphatic rings. The average molecular weight is 233 g/mol. The maximum Gasteiger partial charge on any atom is 0.573 e. The van der Waals surface area contributed by atoms with Gasteiger partial charge in [0.05, 0.1) is 0 Å². The van der Waals surface area contributed by atoms with Crippen LogP contribution in [0.1, 0.15) is 30.9 Å². The molecular formula is C11H12F3O2. The minimum absolute atomic E-state index is 0.110. The van der Waals surface area contributed by atoms with E-state index in [4.69, 9.17) is 5.11 Å². The van der Waals surface area contributed by atoms with Gasteiger partial charge in [0.1, 0.15) is 12.4 Å². The number of benzene rings is 1. The first-order chi connectivity index (χ1) is 7.33. The Morgan fingerprint density at radius 2 is 1.94 bits per heavy atom.